The SMILES string of the molecule is Cc1cc(Oc2ccc(C#N)cc2)nc(NC(=O)NC2(C(=O)O)CCCCC2)n1. The Balaban J connectivity index is 1.71. The summed E-state index contributed by atoms with van der Waals surface area (Å²) in [5, 5.41) is 23.5. The lowest BCUT2D eigenvalue weighted by Gasteiger charge is -2.33. The minimum Gasteiger partial charge on any atom is -0.480 e. The first-order valence-corrected chi connectivity index (χ1v) is 9.26. The van der Waals surface area contributed by atoms with Gasteiger partial charge in [-0.1, -0.05) is 19.3 Å². The highest BCUT2D eigenvalue weighted by atomic mass is 16.5. The van der Waals surface area contributed by atoms with Gasteiger partial charge in [-0.05, 0) is 44.0 Å². The second-order valence-electron chi connectivity index (χ2n) is 6.94. The van der Waals surface area contributed by atoms with Crippen LogP contribution in [0.4, 0.5) is 10.7 Å². The number of ether oxygens (including phenoxy) is 1. The van der Waals surface area contributed by atoms with Gasteiger partial charge in [-0.3, -0.25) is 5.32 Å². The molecular weight excluding hydrogens is 374 g/mol. The van der Waals surface area contributed by atoms with Gasteiger partial charge >= 0.3 is 12.0 Å². The normalized spacial score (nSPS) is 15.0. The number of nitriles is 1. The third-order valence-electron chi connectivity index (χ3n) is 4.73. The van der Waals surface area contributed by atoms with Crippen molar-refractivity contribution in [2.75, 3.05) is 5.32 Å². The topological polar surface area (TPSA) is 137 Å². The predicted molar refractivity (Wildman–Crippen MR) is 104 cm³/mol. The molecule has 1 heterocycles. The smallest absolute Gasteiger partial charge is 0.329 e. The Kier molecular flexibility index (Phi) is 5.93. The number of carbonyl (C=O) groups excluding carboxylic acids is 1. The highest BCUT2D eigenvalue weighted by Crippen LogP contribution is 2.28. The lowest BCUT2D eigenvalue weighted by molar-refractivity contribution is -0.145. The molecule has 29 heavy (non-hydrogen) atoms. The third kappa shape index (κ3) is 4.99. The van der Waals surface area contributed by atoms with Crippen LogP contribution in [0.3, 0.4) is 0 Å². The first kappa shape index (κ1) is 20.1. The Hall–Kier alpha value is -3.67. The minimum atomic E-state index is -1.27. The number of hydrogen-bond acceptors (Lipinski definition) is 6. The number of carbonyl (C=O) groups is 2. The van der Waals surface area contributed by atoms with Gasteiger partial charge in [0.2, 0.25) is 11.8 Å². The maximum absolute atomic E-state index is 12.4. The Morgan fingerprint density at radius 1 is 1.17 bits per heavy atom. The van der Waals surface area contributed by atoms with E-state index in [0.717, 1.165) is 19.3 Å². The average Bonchev–Trinajstić information content (AvgIpc) is 2.68. The fourth-order valence-electron chi connectivity index (χ4n) is 3.26. The van der Waals surface area contributed by atoms with E-state index in [1.807, 2.05) is 6.07 Å². The number of amides is 2. The van der Waals surface area contributed by atoms with Gasteiger partial charge in [0.1, 0.15) is 11.3 Å². The van der Waals surface area contributed by atoms with Crippen molar-refractivity contribution in [2.45, 2.75) is 44.6 Å². The van der Waals surface area contributed by atoms with E-state index >= 15 is 0 Å². The fraction of sp³-hybridized carbons (Fsp3) is 0.350. The molecule has 2 amide bonds. The van der Waals surface area contributed by atoms with Crippen molar-refractivity contribution in [2.24, 2.45) is 0 Å². The van der Waals surface area contributed by atoms with Gasteiger partial charge in [-0.15, -0.1) is 0 Å². The zero-order chi connectivity index (χ0) is 20.9. The zero-order valence-corrected chi connectivity index (χ0v) is 15.9. The van der Waals surface area contributed by atoms with Gasteiger partial charge < -0.3 is 15.2 Å². The summed E-state index contributed by atoms with van der Waals surface area (Å²) in [5.74, 6) is -0.350. The van der Waals surface area contributed by atoms with Crippen molar-refractivity contribution in [1.29, 1.82) is 5.26 Å². The average molecular weight is 395 g/mol. The van der Waals surface area contributed by atoms with Crippen LogP contribution in [0.15, 0.2) is 30.3 Å². The number of carboxylic acids is 1. The molecule has 0 spiro atoms. The highest BCUT2D eigenvalue weighted by Gasteiger charge is 2.41. The molecule has 0 radical (unpaired) electrons. The summed E-state index contributed by atoms with van der Waals surface area (Å²) in [4.78, 5) is 32.4. The molecule has 150 valence electrons. The number of benzene rings is 1. The van der Waals surface area contributed by atoms with Crippen LogP contribution >= 0.6 is 0 Å². The minimum absolute atomic E-state index is 0.00231. The first-order valence-electron chi connectivity index (χ1n) is 9.26. The van der Waals surface area contributed by atoms with Gasteiger partial charge in [0.15, 0.2) is 0 Å². The van der Waals surface area contributed by atoms with Crippen LogP contribution in [0.25, 0.3) is 0 Å². The van der Waals surface area contributed by atoms with E-state index in [-0.39, 0.29) is 11.8 Å². The molecule has 0 unspecified atom stereocenters. The summed E-state index contributed by atoms with van der Waals surface area (Å²) in [7, 11) is 0. The van der Waals surface area contributed by atoms with Gasteiger partial charge in [-0.25, -0.2) is 14.6 Å². The van der Waals surface area contributed by atoms with E-state index in [1.165, 1.54) is 0 Å². The molecule has 1 fully saturated rings. The van der Waals surface area contributed by atoms with Gasteiger partial charge in [0, 0.05) is 11.8 Å². The van der Waals surface area contributed by atoms with Crippen molar-refractivity contribution >= 4 is 17.9 Å². The van der Waals surface area contributed by atoms with Gasteiger partial charge in [-0.2, -0.15) is 10.2 Å². The largest absolute Gasteiger partial charge is 0.480 e. The summed E-state index contributed by atoms with van der Waals surface area (Å²) in [6, 6.07) is 9.45. The molecule has 1 aromatic carbocycles. The third-order valence-corrected chi connectivity index (χ3v) is 4.73. The second kappa shape index (κ2) is 8.56. The lowest BCUT2D eigenvalue weighted by atomic mass is 9.82. The number of urea groups is 1. The number of anilines is 1. The van der Waals surface area contributed by atoms with E-state index in [0.29, 0.717) is 29.8 Å². The quantitative estimate of drug-likeness (QED) is 0.706. The summed E-state index contributed by atoms with van der Waals surface area (Å²) >= 11 is 0. The summed E-state index contributed by atoms with van der Waals surface area (Å²) < 4.78 is 5.66. The van der Waals surface area contributed by atoms with Crippen LogP contribution in [0.5, 0.6) is 11.6 Å². The van der Waals surface area contributed by atoms with Crippen LogP contribution in [0.2, 0.25) is 0 Å². The number of hydrogen-bond donors (Lipinski definition) is 3. The van der Waals surface area contributed by atoms with Crippen molar-refractivity contribution < 1.29 is 19.4 Å². The number of aryl methyl sites for hydroxylation is 1. The van der Waals surface area contributed by atoms with E-state index in [2.05, 4.69) is 20.6 Å². The van der Waals surface area contributed by atoms with Crippen LogP contribution in [-0.2, 0) is 4.79 Å². The number of aromatic nitrogens is 2. The van der Waals surface area contributed by atoms with Crippen LogP contribution in [0.1, 0.15) is 43.4 Å². The molecule has 0 aliphatic heterocycles. The maximum Gasteiger partial charge on any atom is 0.329 e. The Labute approximate surface area is 167 Å². The highest BCUT2D eigenvalue weighted by molar-refractivity contribution is 5.92. The van der Waals surface area contributed by atoms with Gasteiger partial charge in [0.05, 0.1) is 11.6 Å². The fourth-order valence-corrected chi connectivity index (χ4v) is 3.26. The summed E-state index contributed by atoms with van der Waals surface area (Å²) in [6.45, 7) is 1.72. The maximum atomic E-state index is 12.4. The number of carboxylic acid groups (broad SMARTS) is 1. The predicted octanol–water partition coefficient (Wildman–Crippen LogP) is 3.36. The molecule has 0 bridgehead atoms. The molecule has 0 atom stereocenters. The van der Waals surface area contributed by atoms with Crippen molar-refractivity contribution in [3.05, 3.63) is 41.6 Å². The number of nitrogens with zero attached hydrogens (tertiary/aromatic N) is 3. The molecule has 9 nitrogen and oxygen atoms in total. The number of nitrogens with one attached hydrogen (secondary N) is 2. The van der Waals surface area contributed by atoms with Crippen LogP contribution in [-0.4, -0.2) is 32.6 Å². The van der Waals surface area contributed by atoms with Crippen molar-refractivity contribution in [1.82, 2.24) is 15.3 Å². The number of rotatable bonds is 5. The van der Waals surface area contributed by atoms with E-state index in [9.17, 15) is 14.7 Å². The van der Waals surface area contributed by atoms with Crippen LogP contribution in [0, 0.1) is 18.3 Å². The molecular formula is C20H21N5O4. The van der Waals surface area contributed by atoms with Gasteiger partial charge in [0.25, 0.3) is 0 Å². The van der Waals surface area contributed by atoms with Crippen molar-refractivity contribution in [3.63, 3.8) is 0 Å². The van der Waals surface area contributed by atoms with Crippen LogP contribution < -0.4 is 15.4 Å². The standard InChI is InChI=1S/C20H21N5O4/c1-13-11-16(29-15-7-5-14(12-21)6-8-15)23-18(22-13)24-19(28)25-20(17(26)27)9-3-2-4-10-20/h5-8,11H,2-4,9-10H2,1H3,(H,26,27)(H2,22,23,24,25,28). The monoisotopic (exact) mass is 395 g/mol. The molecule has 2 aromatic rings. The summed E-state index contributed by atoms with van der Waals surface area (Å²) in [6.07, 6.45) is 3.22. The first-order chi connectivity index (χ1) is 13.9. The molecule has 3 rings (SSSR count). The zero-order valence-electron chi connectivity index (χ0n) is 15.9. The molecule has 0 saturated heterocycles. The van der Waals surface area contributed by atoms with Crippen molar-refractivity contribution in [3.8, 4) is 17.7 Å². The Morgan fingerprint density at radius 3 is 2.48 bits per heavy atom. The lowest BCUT2D eigenvalue weighted by Crippen LogP contribution is -2.56. The molecule has 1 aliphatic carbocycles. The number of aliphatic carboxylic acids is 1. The van der Waals surface area contributed by atoms with E-state index < -0.39 is 17.5 Å². The summed E-state index contributed by atoms with van der Waals surface area (Å²) in [5.41, 5.74) is -0.205. The Morgan fingerprint density at radius 2 is 1.86 bits per heavy atom. The molecule has 1 aromatic heterocycles. The molecule has 1 saturated carbocycles. The molecule has 3 N–H and O–H groups in total. The second-order valence-corrected chi connectivity index (χ2v) is 6.94. The molecule has 1 aliphatic rings. The van der Waals surface area contributed by atoms with E-state index in [1.54, 1.807) is 37.3 Å². The molecule has 9 heteroatoms. The Bertz CT molecular complexity index is 946. The van der Waals surface area contributed by atoms with E-state index in [4.69, 9.17) is 10.00 Å².